The summed E-state index contributed by atoms with van der Waals surface area (Å²) in [5.74, 6) is -0.385. The molecule has 0 aliphatic heterocycles. The molecule has 0 N–H and O–H groups in total. The van der Waals surface area contributed by atoms with Crippen molar-refractivity contribution in [1.82, 2.24) is 0 Å². The molecule has 8 heteroatoms. The van der Waals surface area contributed by atoms with Gasteiger partial charge in [0.15, 0.2) is 0 Å². The minimum absolute atomic E-state index is 0.116. The number of ether oxygens (including phenoxy) is 1. The average molecular weight is 248 g/mol. The SMILES string of the molecule is CCCCCC(=O)OCCC(N=O)O[N+](=O)[O-]. The zero-order valence-electron chi connectivity index (χ0n) is 9.66. The molecule has 0 saturated carbocycles. The predicted octanol–water partition coefficient (Wildman–Crippen LogP) is 1.80. The lowest BCUT2D eigenvalue weighted by atomic mass is 10.2. The van der Waals surface area contributed by atoms with E-state index < -0.39 is 11.3 Å². The highest BCUT2D eigenvalue weighted by Gasteiger charge is 2.14. The van der Waals surface area contributed by atoms with Gasteiger partial charge in [0.1, 0.15) is 0 Å². The second-order valence-corrected chi connectivity index (χ2v) is 3.36. The molecule has 1 unspecified atom stereocenters. The van der Waals surface area contributed by atoms with Crippen LogP contribution in [0.25, 0.3) is 0 Å². The number of esters is 1. The maximum atomic E-state index is 11.1. The molecule has 0 radical (unpaired) electrons. The van der Waals surface area contributed by atoms with Crippen LogP contribution in [0, 0.1) is 15.0 Å². The molecule has 0 fully saturated rings. The van der Waals surface area contributed by atoms with Gasteiger partial charge in [-0.25, -0.2) is 0 Å². The fraction of sp³-hybridized carbons (Fsp3) is 0.889. The smallest absolute Gasteiger partial charge is 0.305 e. The highest BCUT2D eigenvalue weighted by atomic mass is 17.0. The molecular formula is C9H16N2O6. The van der Waals surface area contributed by atoms with Gasteiger partial charge in [0.05, 0.1) is 6.61 Å². The summed E-state index contributed by atoms with van der Waals surface area (Å²) in [6.07, 6.45) is 1.45. The quantitative estimate of drug-likeness (QED) is 0.192. The Hall–Kier alpha value is -1.73. The molecule has 0 spiro atoms. The van der Waals surface area contributed by atoms with E-state index in [0.717, 1.165) is 19.3 Å². The number of hydrogen-bond donors (Lipinski definition) is 0. The van der Waals surface area contributed by atoms with E-state index in [9.17, 15) is 19.8 Å². The first-order chi connectivity index (χ1) is 8.10. The first kappa shape index (κ1) is 15.3. The molecule has 98 valence electrons. The third kappa shape index (κ3) is 9.21. The molecule has 0 aromatic rings. The van der Waals surface area contributed by atoms with E-state index in [0.29, 0.717) is 6.42 Å². The van der Waals surface area contributed by atoms with Crippen molar-refractivity contribution >= 4 is 5.97 Å². The highest BCUT2D eigenvalue weighted by molar-refractivity contribution is 5.69. The Kier molecular flexibility index (Phi) is 8.53. The summed E-state index contributed by atoms with van der Waals surface area (Å²) in [5, 5.41) is 11.2. The van der Waals surface area contributed by atoms with E-state index in [1.165, 1.54) is 0 Å². The monoisotopic (exact) mass is 248 g/mol. The van der Waals surface area contributed by atoms with Crippen molar-refractivity contribution in [1.29, 1.82) is 0 Å². The van der Waals surface area contributed by atoms with Gasteiger partial charge in [-0.1, -0.05) is 19.8 Å². The molecule has 0 rings (SSSR count). The number of nitroso groups, excluding NO2 is 1. The highest BCUT2D eigenvalue weighted by Crippen LogP contribution is 2.04. The third-order valence-electron chi connectivity index (χ3n) is 1.94. The number of unbranched alkanes of at least 4 members (excludes halogenated alkanes) is 2. The largest absolute Gasteiger partial charge is 0.466 e. The molecule has 0 amide bonds. The van der Waals surface area contributed by atoms with E-state index in [1.54, 1.807) is 0 Å². The van der Waals surface area contributed by atoms with Crippen LogP contribution in [0.1, 0.15) is 39.0 Å². The van der Waals surface area contributed by atoms with Crippen LogP contribution in [0.5, 0.6) is 0 Å². The summed E-state index contributed by atoms with van der Waals surface area (Å²) in [6.45, 7) is 1.90. The van der Waals surface area contributed by atoms with Gasteiger partial charge in [0, 0.05) is 12.8 Å². The second-order valence-electron chi connectivity index (χ2n) is 3.36. The molecule has 0 aliphatic rings. The van der Waals surface area contributed by atoms with E-state index in [4.69, 9.17) is 4.74 Å². The molecular weight excluding hydrogens is 232 g/mol. The van der Waals surface area contributed by atoms with Gasteiger partial charge in [0.25, 0.3) is 5.09 Å². The van der Waals surface area contributed by atoms with E-state index in [2.05, 4.69) is 10.0 Å². The van der Waals surface area contributed by atoms with Crippen molar-refractivity contribution in [3.05, 3.63) is 15.0 Å². The number of carbonyl (C=O) groups is 1. The first-order valence-corrected chi connectivity index (χ1v) is 5.39. The Balaban J connectivity index is 3.62. The Morgan fingerprint density at radius 2 is 2.18 bits per heavy atom. The Bertz CT molecular complexity index is 258. The minimum Gasteiger partial charge on any atom is -0.466 e. The van der Waals surface area contributed by atoms with Crippen LogP contribution in [0.2, 0.25) is 0 Å². The summed E-state index contributed by atoms with van der Waals surface area (Å²) in [4.78, 5) is 35.1. The summed E-state index contributed by atoms with van der Waals surface area (Å²) < 4.78 is 4.76. The van der Waals surface area contributed by atoms with Gasteiger partial charge < -0.3 is 4.74 Å². The lowest BCUT2D eigenvalue weighted by molar-refractivity contribution is -0.768. The third-order valence-corrected chi connectivity index (χ3v) is 1.94. The van der Waals surface area contributed by atoms with Crippen LogP contribution in [0.15, 0.2) is 5.18 Å². The molecule has 17 heavy (non-hydrogen) atoms. The van der Waals surface area contributed by atoms with E-state index in [-0.39, 0.29) is 19.0 Å². The van der Waals surface area contributed by atoms with Crippen molar-refractivity contribution in [2.24, 2.45) is 5.18 Å². The van der Waals surface area contributed by atoms with Gasteiger partial charge >= 0.3 is 5.97 Å². The summed E-state index contributed by atoms with van der Waals surface area (Å²) >= 11 is 0. The van der Waals surface area contributed by atoms with E-state index >= 15 is 0 Å². The van der Waals surface area contributed by atoms with E-state index in [1.807, 2.05) is 6.92 Å². The van der Waals surface area contributed by atoms with Crippen LogP contribution in [-0.2, 0) is 14.4 Å². The fourth-order valence-corrected chi connectivity index (χ4v) is 1.09. The van der Waals surface area contributed by atoms with Crippen LogP contribution in [0.3, 0.4) is 0 Å². The van der Waals surface area contributed by atoms with Gasteiger partial charge in [-0.2, -0.15) is 0 Å². The van der Waals surface area contributed by atoms with Crippen molar-refractivity contribution in [2.45, 2.75) is 45.3 Å². The Morgan fingerprint density at radius 3 is 2.71 bits per heavy atom. The number of carbonyl (C=O) groups excluding carboxylic acids is 1. The standard InChI is InChI=1S/C9H16N2O6/c1-2-3-4-5-9(12)16-7-6-8(10-13)17-11(14)15/h8H,2-7H2,1H3. The van der Waals surface area contributed by atoms with Crippen LogP contribution in [0.4, 0.5) is 0 Å². The van der Waals surface area contributed by atoms with Crippen molar-refractivity contribution in [3.63, 3.8) is 0 Å². The number of nitrogens with zero attached hydrogens (tertiary/aromatic N) is 2. The Labute approximate surface area is 98.3 Å². The van der Waals surface area contributed by atoms with Gasteiger partial charge in [-0.15, -0.1) is 15.0 Å². The zero-order valence-corrected chi connectivity index (χ0v) is 9.66. The molecule has 0 bridgehead atoms. The predicted molar refractivity (Wildman–Crippen MR) is 57.4 cm³/mol. The van der Waals surface area contributed by atoms with Gasteiger partial charge in [-0.3, -0.25) is 9.63 Å². The molecule has 0 aromatic heterocycles. The maximum Gasteiger partial charge on any atom is 0.305 e. The fourth-order valence-electron chi connectivity index (χ4n) is 1.09. The number of rotatable bonds is 10. The zero-order chi connectivity index (χ0) is 13.1. The Morgan fingerprint density at radius 1 is 1.47 bits per heavy atom. The van der Waals surface area contributed by atoms with Gasteiger partial charge in [0.2, 0.25) is 6.23 Å². The topological polar surface area (TPSA) is 108 Å². The normalized spacial score (nSPS) is 11.6. The maximum absolute atomic E-state index is 11.1. The molecule has 0 aliphatic carbocycles. The van der Waals surface area contributed by atoms with Crippen molar-refractivity contribution in [3.8, 4) is 0 Å². The molecule has 0 aromatic carbocycles. The molecule has 8 nitrogen and oxygen atoms in total. The molecule has 1 atom stereocenters. The summed E-state index contributed by atoms with van der Waals surface area (Å²) in [7, 11) is 0. The molecule has 0 heterocycles. The first-order valence-electron chi connectivity index (χ1n) is 5.39. The molecule has 0 saturated heterocycles. The lowest BCUT2D eigenvalue weighted by Gasteiger charge is -2.07. The number of hydrogen-bond acceptors (Lipinski definition) is 7. The van der Waals surface area contributed by atoms with Gasteiger partial charge in [-0.05, 0) is 11.6 Å². The lowest BCUT2D eigenvalue weighted by Crippen LogP contribution is -2.17. The van der Waals surface area contributed by atoms with Crippen LogP contribution in [-0.4, -0.2) is 23.9 Å². The van der Waals surface area contributed by atoms with Crippen molar-refractivity contribution < 1.29 is 19.5 Å². The van der Waals surface area contributed by atoms with Crippen LogP contribution < -0.4 is 0 Å². The average Bonchev–Trinajstić information content (AvgIpc) is 2.27. The second kappa shape index (κ2) is 9.49. The summed E-state index contributed by atoms with van der Waals surface area (Å²) in [6, 6.07) is 0. The van der Waals surface area contributed by atoms with Crippen LogP contribution >= 0.6 is 0 Å². The minimum atomic E-state index is -1.42. The van der Waals surface area contributed by atoms with Crippen molar-refractivity contribution in [2.75, 3.05) is 6.61 Å². The summed E-state index contributed by atoms with van der Waals surface area (Å²) in [5.41, 5.74) is 0.